The highest BCUT2D eigenvalue weighted by molar-refractivity contribution is 7.89. The zero-order valence-electron chi connectivity index (χ0n) is 15.0. The van der Waals surface area contributed by atoms with Gasteiger partial charge in [-0.2, -0.15) is 0 Å². The number of aromatic amines is 1. The summed E-state index contributed by atoms with van der Waals surface area (Å²) in [6.45, 7) is 5.60. The number of nitrogens with one attached hydrogen (secondary N) is 3. The van der Waals surface area contributed by atoms with Gasteiger partial charge in [0.25, 0.3) is 0 Å². The van der Waals surface area contributed by atoms with Crippen LogP contribution in [0.5, 0.6) is 0 Å². The fraction of sp³-hybridized carbons (Fsp3) is 0.444. The highest BCUT2D eigenvalue weighted by atomic mass is 32.2. The summed E-state index contributed by atoms with van der Waals surface area (Å²) in [5, 5.41) is 3.16. The second-order valence-electron chi connectivity index (χ2n) is 6.12. The Balaban J connectivity index is 1.73. The number of sulfonamides is 1. The third-order valence-electron chi connectivity index (χ3n) is 3.90. The SMILES string of the molecule is CCNCc1cc(S(=O)(=O)NCCCN(C)Cc2ccccc2)c[nH]1. The fourth-order valence-corrected chi connectivity index (χ4v) is 3.64. The van der Waals surface area contributed by atoms with Crippen LogP contribution >= 0.6 is 0 Å². The minimum atomic E-state index is -3.45. The van der Waals surface area contributed by atoms with E-state index in [1.807, 2.05) is 32.2 Å². The van der Waals surface area contributed by atoms with Crippen molar-refractivity contribution in [1.82, 2.24) is 19.9 Å². The Morgan fingerprint density at radius 3 is 2.68 bits per heavy atom. The lowest BCUT2D eigenvalue weighted by Crippen LogP contribution is -2.28. The monoisotopic (exact) mass is 364 g/mol. The van der Waals surface area contributed by atoms with Crippen molar-refractivity contribution in [3.05, 3.63) is 53.9 Å². The van der Waals surface area contributed by atoms with Gasteiger partial charge in [0, 0.05) is 31.5 Å². The molecule has 0 saturated carbocycles. The lowest BCUT2D eigenvalue weighted by atomic mass is 10.2. The molecule has 0 unspecified atom stereocenters. The predicted octanol–water partition coefficient (Wildman–Crippen LogP) is 1.92. The van der Waals surface area contributed by atoms with Crippen LogP contribution in [-0.2, 0) is 23.1 Å². The molecule has 0 spiro atoms. The van der Waals surface area contributed by atoms with Crippen LogP contribution in [0.3, 0.4) is 0 Å². The molecule has 0 radical (unpaired) electrons. The van der Waals surface area contributed by atoms with Crippen molar-refractivity contribution >= 4 is 10.0 Å². The van der Waals surface area contributed by atoms with Gasteiger partial charge in [0.1, 0.15) is 0 Å². The molecule has 2 rings (SSSR count). The van der Waals surface area contributed by atoms with Gasteiger partial charge in [-0.05, 0) is 38.2 Å². The van der Waals surface area contributed by atoms with Gasteiger partial charge in [-0.25, -0.2) is 13.1 Å². The van der Waals surface area contributed by atoms with Gasteiger partial charge in [0.2, 0.25) is 10.0 Å². The Morgan fingerprint density at radius 1 is 1.20 bits per heavy atom. The predicted molar refractivity (Wildman–Crippen MR) is 101 cm³/mol. The van der Waals surface area contributed by atoms with Crippen molar-refractivity contribution in [2.24, 2.45) is 0 Å². The van der Waals surface area contributed by atoms with E-state index in [9.17, 15) is 8.42 Å². The van der Waals surface area contributed by atoms with Gasteiger partial charge in [-0.1, -0.05) is 37.3 Å². The van der Waals surface area contributed by atoms with Crippen molar-refractivity contribution in [3.8, 4) is 0 Å². The number of rotatable bonds is 11. The molecule has 0 aliphatic heterocycles. The molecule has 1 aromatic heterocycles. The van der Waals surface area contributed by atoms with Crippen LogP contribution in [0.15, 0.2) is 47.5 Å². The van der Waals surface area contributed by atoms with E-state index >= 15 is 0 Å². The molecule has 0 aliphatic carbocycles. The van der Waals surface area contributed by atoms with E-state index in [4.69, 9.17) is 0 Å². The first-order valence-electron chi connectivity index (χ1n) is 8.61. The van der Waals surface area contributed by atoms with Gasteiger partial charge in [-0.15, -0.1) is 0 Å². The summed E-state index contributed by atoms with van der Waals surface area (Å²) in [5.74, 6) is 0. The summed E-state index contributed by atoms with van der Waals surface area (Å²) in [4.78, 5) is 5.47. The molecular weight excluding hydrogens is 336 g/mol. The normalized spacial score (nSPS) is 12.0. The topological polar surface area (TPSA) is 77.2 Å². The van der Waals surface area contributed by atoms with Crippen molar-refractivity contribution in [2.75, 3.05) is 26.7 Å². The zero-order chi connectivity index (χ0) is 18.1. The number of H-pyrrole nitrogens is 1. The van der Waals surface area contributed by atoms with E-state index in [1.165, 1.54) is 11.8 Å². The highest BCUT2D eigenvalue weighted by Gasteiger charge is 2.15. The van der Waals surface area contributed by atoms with Gasteiger partial charge in [0.15, 0.2) is 0 Å². The largest absolute Gasteiger partial charge is 0.363 e. The highest BCUT2D eigenvalue weighted by Crippen LogP contribution is 2.10. The van der Waals surface area contributed by atoms with Crippen molar-refractivity contribution in [3.63, 3.8) is 0 Å². The van der Waals surface area contributed by atoms with Crippen LogP contribution < -0.4 is 10.0 Å². The fourth-order valence-electron chi connectivity index (χ4n) is 2.55. The van der Waals surface area contributed by atoms with Crippen LogP contribution in [0.2, 0.25) is 0 Å². The summed E-state index contributed by atoms with van der Waals surface area (Å²) < 4.78 is 27.2. The van der Waals surface area contributed by atoms with Crippen molar-refractivity contribution in [2.45, 2.75) is 31.3 Å². The molecule has 2 aromatic rings. The molecular formula is C18H28N4O2S. The van der Waals surface area contributed by atoms with Crippen LogP contribution in [0.1, 0.15) is 24.6 Å². The van der Waals surface area contributed by atoms with E-state index in [0.717, 1.165) is 31.7 Å². The Morgan fingerprint density at radius 2 is 1.96 bits per heavy atom. The molecule has 0 fully saturated rings. The molecule has 7 heteroatoms. The Bertz CT molecular complexity index is 729. The minimum Gasteiger partial charge on any atom is -0.363 e. The van der Waals surface area contributed by atoms with Crippen molar-refractivity contribution < 1.29 is 8.42 Å². The molecule has 1 aromatic carbocycles. The van der Waals surface area contributed by atoms with Gasteiger partial charge in [0.05, 0.1) is 4.90 Å². The summed E-state index contributed by atoms with van der Waals surface area (Å²) in [7, 11) is -1.41. The van der Waals surface area contributed by atoms with Crippen LogP contribution in [-0.4, -0.2) is 45.0 Å². The average Bonchev–Trinajstić information content (AvgIpc) is 3.08. The minimum absolute atomic E-state index is 0.290. The molecule has 0 atom stereocenters. The first kappa shape index (κ1) is 19.7. The molecule has 138 valence electrons. The molecule has 1 heterocycles. The molecule has 3 N–H and O–H groups in total. The maximum atomic E-state index is 12.3. The van der Waals surface area contributed by atoms with E-state index in [2.05, 4.69) is 32.1 Å². The maximum Gasteiger partial charge on any atom is 0.242 e. The molecule has 0 aliphatic rings. The summed E-state index contributed by atoms with van der Waals surface area (Å²) in [5.41, 5.74) is 2.12. The number of hydrogen-bond donors (Lipinski definition) is 3. The standard InChI is InChI=1S/C18H28N4O2S/c1-3-19-13-17-12-18(14-20-17)25(23,24)21-10-7-11-22(2)15-16-8-5-4-6-9-16/h4-6,8-9,12,14,19-21H,3,7,10-11,13,15H2,1-2H3. The van der Waals surface area contributed by atoms with Gasteiger partial charge in [-0.3, -0.25) is 0 Å². The number of aromatic nitrogens is 1. The molecule has 25 heavy (non-hydrogen) atoms. The summed E-state index contributed by atoms with van der Waals surface area (Å²) in [6.07, 6.45) is 2.30. The molecule has 0 saturated heterocycles. The molecule has 0 bridgehead atoms. The smallest absolute Gasteiger partial charge is 0.242 e. The van der Waals surface area contributed by atoms with Gasteiger partial charge < -0.3 is 15.2 Å². The second-order valence-corrected chi connectivity index (χ2v) is 7.88. The van der Waals surface area contributed by atoms with E-state index in [0.29, 0.717) is 13.1 Å². The van der Waals surface area contributed by atoms with Crippen molar-refractivity contribution in [1.29, 1.82) is 0 Å². The van der Waals surface area contributed by atoms with Crippen LogP contribution in [0.4, 0.5) is 0 Å². The third-order valence-corrected chi connectivity index (χ3v) is 5.34. The summed E-state index contributed by atoms with van der Waals surface area (Å²) in [6, 6.07) is 11.9. The van der Waals surface area contributed by atoms with E-state index < -0.39 is 10.0 Å². The molecule has 6 nitrogen and oxygen atoms in total. The average molecular weight is 365 g/mol. The zero-order valence-corrected chi connectivity index (χ0v) is 15.8. The van der Waals surface area contributed by atoms with Gasteiger partial charge >= 0.3 is 0 Å². The van der Waals surface area contributed by atoms with E-state index in [-0.39, 0.29) is 4.90 Å². The first-order chi connectivity index (χ1) is 12.0. The Labute approximate surface area is 150 Å². The lowest BCUT2D eigenvalue weighted by molar-refractivity contribution is 0.322. The molecule has 0 amide bonds. The first-order valence-corrected chi connectivity index (χ1v) is 10.1. The Hall–Kier alpha value is -1.67. The van der Waals surface area contributed by atoms with Crippen LogP contribution in [0.25, 0.3) is 0 Å². The quantitative estimate of drug-likeness (QED) is 0.533. The summed E-state index contributed by atoms with van der Waals surface area (Å²) >= 11 is 0. The number of benzene rings is 1. The maximum absolute atomic E-state index is 12.3. The van der Waals surface area contributed by atoms with Crippen LogP contribution in [0, 0.1) is 0 Å². The lowest BCUT2D eigenvalue weighted by Gasteiger charge is -2.16. The Kier molecular flexibility index (Phi) is 7.64. The number of nitrogens with zero attached hydrogens (tertiary/aromatic N) is 1. The second kappa shape index (κ2) is 9.72. The van der Waals surface area contributed by atoms with E-state index in [1.54, 1.807) is 6.07 Å². The third kappa shape index (κ3) is 6.62. The number of hydrogen-bond acceptors (Lipinski definition) is 4.